The van der Waals surface area contributed by atoms with Crippen molar-refractivity contribution in [3.8, 4) is 0 Å². The second-order valence-corrected chi connectivity index (χ2v) is 10.8. The van der Waals surface area contributed by atoms with Gasteiger partial charge < -0.3 is 0 Å². The SMILES string of the molecule is C=Cc1cccc(C(C)C)c1/N=C(\C)C(Cc1ccccn1)/C(C)=N/c1c(C(C)C)cccc1C(C)C. The fraction of sp³-hybridized carbons (Fsp3) is 0.382. The molecule has 1 atom stereocenters. The van der Waals surface area contributed by atoms with Crippen LogP contribution in [0.5, 0.6) is 0 Å². The van der Waals surface area contributed by atoms with Gasteiger partial charge in [0.1, 0.15) is 0 Å². The lowest BCUT2D eigenvalue weighted by atomic mass is 9.90. The number of para-hydroxylation sites is 2. The van der Waals surface area contributed by atoms with Crippen LogP contribution in [0.4, 0.5) is 11.4 Å². The van der Waals surface area contributed by atoms with Crippen molar-refractivity contribution in [1.29, 1.82) is 0 Å². The fourth-order valence-corrected chi connectivity index (χ4v) is 4.81. The molecule has 3 nitrogen and oxygen atoms in total. The summed E-state index contributed by atoms with van der Waals surface area (Å²) in [6.45, 7) is 21.7. The Morgan fingerprint density at radius 2 is 1.24 bits per heavy atom. The average Bonchev–Trinajstić information content (AvgIpc) is 2.87. The molecule has 0 fully saturated rings. The van der Waals surface area contributed by atoms with Gasteiger partial charge >= 0.3 is 0 Å². The van der Waals surface area contributed by atoms with Crippen molar-refractivity contribution in [1.82, 2.24) is 4.98 Å². The molecule has 0 spiro atoms. The van der Waals surface area contributed by atoms with E-state index in [1.165, 1.54) is 16.7 Å². The highest BCUT2D eigenvalue weighted by atomic mass is 14.8. The van der Waals surface area contributed by atoms with Gasteiger partial charge in [-0.25, -0.2) is 0 Å². The maximum atomic E-state index is 5.35. The number of pyridine rings is 1. The van der Waals surface area contributed by atoms with E-state index in [0.717, 1.165) is 40.5 Å². The number of aliphatic imine (C=N–C) groups is 2. The lowest BCUT2D eigenvalue weighted by Gasteiger charge is -2.21. The summed E-state index contributed by atoms with van der Waals surface area (Å²) in [6, 6.07) is 19.0. The molecule has 1 aromatic heterocycles. The first kappa shape index (κ1) is 28.2. The first-order chi connectivity index (χ1) is 17.6. The normalized spacial score (nSPS) is 13.5. The van der Waals surface area contributed by atoms with Crippen molar-refractivity contribution in [2.24, 2.45) is 15.9 Å². The predicted octanol–water partition coefficient (Wildman–Crippen LogP) is 9.84. The third-order valence-electron chi connectivity index (χ3n) is 7.01. The molecular weight excluding hydrogens is 450 g/mol. The van der Waals surface area contributed by atoms with Gasteiger partial charge in [-0.2, -0.15) is 0 Å². The van der Waals surface area contributed by atoms with Crippen molar-refractivity contribution in [3.63, 3.8) is 0 Å². The minimum Gasteiger partial charge on any atom is -0.261 e. The summed E-state index contributed by atoms with van der Waals surface area (Å²) in [6.07, 6.45) is 4.51. The molecule has 0 aliphatic carbocycles. The molecule has 0 saturated heterocycles. The van der Waals surface area contributed by atoms with Crippen LogP contribution >= 0.6 is 0 Å². The van der Waals surface area contributed by atoms with Crippen LogP contribution < -0.4 is 0 Å². The minimum absolute atomic E-state index is 0.0213. The molecule has 0 radical (unpaired) electrons. The Bertz CT molecular complexity index is 1240. The van der Waals surface area contributed by atoms with Gasteiger partial charge in [-0.05, 0) is 66.0 Å². The number of rotatable bonds is 10. The number of hydrogen-bond donors (Lipinski definition) is 0. The summed E-state index contributed by atoms with van der Waals surface area (Å²) in [7, 11) is 0. The highest BCUT2D eigenvalue weighted by molar-refractivity contribution is 6.07. The van der Waals surface area contributed by atoms with E-state index in [1.54, 1.807) is 0 Å². The highest BCUT2D eigenvalue weighted by Gasteiger charge is 2.21. The molecule has 3 aromatic rings. The molecule has 0 N–H and O–H groups in total. The Balaban J connectivity index is 2.20. The Morgan fingerprint density at radius 3 is 1.73 bits per heavy atom. The van der Waals surface area contributed by atoms with Crippen LogP contribution in [0.2, 0.25) is 0 Å². The predicted molar refractivity (Wildman–Crippen MR) is 162 cm³/mol. The molecule has 0 aliphatic heterocycles. The van der Waals surface area contributed by atoms with Gasteiger partial charge in [-0.3, -0.25) is 15.0 Å². The zero-order valence-electron chi connectivity index (χ0n) is 23.9. The molecule has 0 saturated carbocycles. The standard InChI is InChI=1S/C34H43N3/c1-10-27-15-13-17-29(22(2)3)33(27)36-25(8)32(21-28-16-11-12-20-35-28)26(9)37-34-30(23(4)5)18-14-19-31(34)24(6)7/h10-20,22-24,32H,1,21H2,2-9H3/b36-25+,37-26+. The molecule has 2 aromatic carbocycles. The fourth-order valence-electron chi connectivity index (χ4n) is 4.81. The number of nitrogens with zero attached hydrogens (tertiary/aromatic N) is 3. The summed E-state index contributed by atoms with van der Waals surface area (Å²) >= 11 is 0. The first-order valence-corrected chi connectivity index (χ1v) is 13.5. The number of aromatic nitrogens is 1. The Labute approximate surface area is 224 Å². The van der Waals surface area contributed by atoms with Gasteiger partial charge in [0.2, 0.25) is 0 Å². The second-order valence-electron chi connectivity index (χ2n) is 10.8. The molecule has 3 heteroatoms. The van der Waals surface area contributed by atoms with Crippen LogP contribution in [0.3, 0.4) is 0 Å². The summed E-state index contributed by atoms with van der Waals surface area (Å²) in [5, 5.41) is 0. The van der Waals surface area contributed by atoms with Gasteiger partial charge in [0.15, 0.2) is 0 Å². The molecule has 37 heavy (non-hydrogen) atoms. The third-order valence-corrected chi connectivity index (χ3v) is 7.01. The molecule has 1 heterocycles. The molecule has 3 rings (SSSR count). The van der Waals surface area contributed by atoms with Crippen LogP contribution in [0, 0.1) is 5.92 Å². The average molecular weight is 494 g/mol. The molecular formula is C34H43N3. The molecule has 194 valence electrons. The van der Waals surface area contributed by atoms with Gasteiger partial charge in [0, 0.05) is 35.7 Å². The van der Waals surface area contributed by atoms with Crippen LogP contribution in [-0.2, 0) is 6.42 Å². The maximum Gasteiger partial charge on any atom is 0.0735 e. The number of benzene rings is 2. The van der Waals surface area contributed by atoms with E-state index in [1.807, 2.05) is 24.4 Å². The highest BCUT2D eigenvalue weighted by Crippen LogP contribution is 2.36. The second kappa shape index (κ2) is 12.8. The summed E-state index contributed by atoms with van der Waals surface area (Å²) in [5.74, 6) is 1.17. The van der Waals surface area contributed by atoms with E-state index in [0.29, 0.717) is 17.8 Å². The van der Waals surface area contributed by atoms with Crippen molar-refractivity contribution >= 4 is 28.9 Å². The van der Waals surface area contributed by atoms with E-state index in [2.05, 4.69) is 109 Å². The topological polar surface area (TPSA) is 37.6 Å². The third kappa shape index (κ3) is 6.91. The van der Waals surface area contributed by atoms with Crippen LogP contribution in [-0.4, -0.2) is 16.4 Å². The van der Waals surface area contributed by atoms with E-state index in [4.69, 9.17) is 9.98 Å². The summed E-state index contributed by atoms with van der Waals surface area (Å²) in [5.41, 5.74) is 10.1. The molecule has 0 aliphatic rings. The van der Waals surface area contributed by atoms with E-state index in [9.17, 15) is 0 Å². The number of hydrogen-bond acceptors (Lipinski definition) is 3. The van der Waals surface area contributed by atoms with Gasteiger partial charge in [0.05, 0.1) is 11.4 Å². The molecule has 0 bridgehead atoms. The van der Waals surface area contributed by atoms with Crippen LogP contribution in [0.15, 0.2) is 77.4 Å². The zero-order chi connectivity index (χ0) is 27.1. The zero-order valence-corrected chi connectivity index (χ0v) is 23.9. The smallest absolute Gasteiger partial charge is 0.0735 e. The quantitative estimate of drug-likeness (QED) is 0.259. The van der Waals surface area contributed by atoms with Crippen molar-refractivity contribution < 1.29 is 0 Å². The maximum absolute atomic E-state index is 5.35. The minimum atomic E-state index is 0.0213. The van der Waals surface area contributed by atoms with Crippen LogP contribution in [0.25, 0.3) is 6.08 Å². The van der Waals surface area contributed by atoms with E-state index < -0.39 is 0 Å². The lowest BCUT2D eigenvalue weighted by Crippen LogP contribution is -2.23. The van der Waals surface area contributed by atoms with Crippen LogP contribution in [0.1, 0.15) is 101 Å². The van der Waals surface area contributed by atoms with Crippen molar-refractivity contribution in [2.45, 2.75) is 79.6 Å². The Kier molecular flexibility index (Phi) is 9.74. The van der Waals surface area contributed by atoms with E-state index >= 15 is 0 Å². The van der Waals surface area contributed by atoms with Crippen molar-refractivity contribution in [3.05, 3.63) is 95.3 Å². The summed E-state index contributed by atoms with van der Waals surface area (Å²) in [4.78, 5) is 15.3. The van der Waals surface area contributed by atoms with Gasteiger partial charge in [-0.15, -0.1) is 0 Å². The first-order valence-electron chi connectivity index (χ1n) is 13.5. The van der Waals surface area contributed by atoms with Gasteiger partial charge in [-0.1, -0.05) is 96.7 Å². The summed E-state index contributed by atoms with van der Waals surface area (Å²) < 4.78 is 0. The molecule has 0 amide bonds. The Hall–Kier alpha value is -3.33. The molecule has 1 unspecified atom stereocenters. The Morgan fingerprint density at radius 1 is 0.730 bits per heavy atom. The largest absolute Gasteiger partial charge is 0.261 e. The lowest BCUT2D eigenvalue weighted by molar-refractivity contribution is 0.826. The van der Waals surface area contributed by atoms with Gasteiger partial charge in [0.25, 0.3) is 0 Å². The monoisotopic (exact) mass is 493 g/mol. The van der Waals surface area contributed by atoms with E-state index in [-0.39, 0.29) is 5.92 Å². The van der Waals surface area contributed by atoms with Crippen molar-refractivity contribution in [2.75, 3.05) is 0 Å².